The fourth-order valence-corrected chi connectivity index (χ4v) is 1.94. The highest BCUT2D eigenvalue weighted by Crippen LogP contribution is 2.16. The summed E-state index contributed by atoms with van der Waals surface area (Å²) in [5.74, 6) is -0.279. The van der Waals surface area contributed by atoms with Gasteiger partial charge in [-0.3, -0.25) is 4.79 Å². The van der Waals surface area contributed by atoms with Crippen molar-refractivity contribution in [3.8, 4) is 0 Å². The van der Waals surface area contributed by atoms with Crippen molar-refractivity contribution in [3.05, 3.63) is 21.9 Å². The number of nitrogens with one attached hydrogen (secondary N) is 1. The van der Waals surface area contributed by atoms with Crippen LogP contribution in [-0.4, -0.2) is 35.4 Å². The summed E-state index contributed by atoms with van der Waals surface area (Å²) in [5.41, 5.74) is 0.248. The summed E-state index contributed by atoms with van der Waals surface area (Å²) in [6, 6.07) is 1.52. The average Bonchev–Trinajstić information content (AvgIpc) is 2.33. The second-order valence-corrected chi connectivity index (χ2v) is 4.48. The average molecular weight is 276 g/mol. The summed E-state index contributed by atoms with van der Waals surface area (Å²) in [5, 5.41) is 10.2. The van der Waals surface area contributed by atoms with Gasteiger partial charge in [0.25, 0.3) is 5.91 Å². The molecule has 0 aliphatic carbocycles. The Balaban J connectivity index is 2.05. The summed E-state index contributed by atoms with van der Waals surface area (Å²) in [6.07, 6.45) is 1.60. The first kappa shape index (κ1) is 12.5. The standard InChI is InChI=1S/C10H11Cl2N3O2/c11-8-5-7(9(12)15-14-8)10(16)13-6-1-3-17-4-2-6/h5-6H,1-4H2,(H,13,16). The first-order chi connectivity index (χ1) is 8.16. The van der Waals surface area contributed by atoms with E-state index in [1.165, 1.54) is 6.07 Å². The van der Waals surface area contributed by atoms with Crippen molar-refractivity contribution in [3.63, 3.8) is 0 Å². The normalized spacial score (nSPS) is 16.8. The van der Waals surface area contributed by atoms with Gasteiger partial charge >= 0.3 is 0 Å². The zero-order valence-corrected chi connectivity index (χ0v) is 10.5. The Hall–Kier alpha value is -0.910. The van der Waals surface area contributed by atoms with Gasteiger partial charge in [0.15, 0.2) is 10.3 Å². The zero-order valence-electron chi connectivity index (χ0n) is 8.95. The predicted octanol–water partition coefficient (Wildman–Crippen LogP) is 1.69. The van der Waals surface area contributed by atoms with E-state index in [9.17, 15) is 4.79 Å². The van der Waals surface area contributed by atoms with Gasteiger partial charge in [-0.25, -0.2) is 0 Å². The molecule has 1 amide bonds. The maximum Gasteiger partial charge on any atom is 0.254 e. The van der Waals surface area contributed by atoms with Gasteiger partial charge < -0.3 is 10.1 Å². The molecular formula is C10H11Cl2N3O2. The number of carbonyl (C=O) groups excluding carboxylic acids is 1. The lowest BCUT2D eigenvalue weighted by atomic mass is 10.1. The molecule has 5 nitrogen and oxygen atoms in total. The van der Waals surface area contributed by atoms with Gasteiger partial charge in [0.1, 0.15) is 0 Å². The molecule has 1 aliphatic heterocycles. The topological polar surface area (TPSA) is 64.1 Å². The van der Waals surface area contributed by atoms with Crippen molar-refractivity contribution < 1.29 is 9.53 Å². The van der Waals surface area contributed by atoms with Crippen LogP contribution >= 0.6 is 23.2 Å². The van der Waals surface area contributed by atoms with Crippen LogP contribution in [0.2, 0.25) is 10.3 Å². The summed E-state index contributed by atoms with van der Waals surface area (Å²) in [6.45, 7) is 1.32. The number of hydrogen-bond acceptors (Lipinski definition) is 4. The molecule has 0 saturated carbocycles. The van der Waals surface area contributed by atoms with Crippen LogP contribution in [0.15, 0.2) is 6.07 Å². The molecule has 1 saturated heterocycles. The predicted molar refractivity (Wildman–Crippen MR) is 63.4 cm³/mol. The van der Waals surface area contributed by atoms with Crippen LogP contribution < -0.4 is 5.32 Å². The molecule has 0 radical (unpaired) electrons. The van der Waals surface area contributed by atoms with E-state index in [0.717, 1.165) is 12.8 Å². The molecule has 0 spiro atoms. The molecule has 2 rings (SSSR count). The van der Waals surface area contributed by atoms with Gasteiger partial charge in [-0.15, -0.1) is 10.2 Å². The minimum Gasteiger partial charge on any atom is -0.381 e. The molecule has 0 aromatic carbocycles. The Morgan fingerprint density at radius 2 is 2.06 bits per heavy atom. The SMILES string of the molecule is O=C(NC1CCOCC1)c1cc(Cl)nnc1Cl. The lowest BCUT2D eigenvalue weighted by molar-refractivity contribution is 0.0696. The quantitative estimate of drug-likeness (QED) is 0.892. The Labute approximate surface area is 108 Å². The van der Waals surface area contributed by atoms with Gasteiger partial charge in [-0.1, -0.05) is 23.2 Å². The number of halogens is 2. The lowest BCUT2D eigenvalue weighted by Crippen LogP contribution is -2.39. The molecule has 17 heavy (non-hydrogen) atoms. The molecule has 1 fully saturated rings. The van der Waals surface area contributed by atoms with Gasteiger partial charge in [-0.05, 0) is 18.9 Å². The van der Waals surface area contributed by atoms with Crippen LogP contribution in [0.3, 0.4) is 0 Å². The van der Waals surface area contributed by atoms with Crippen LogP contribution in [0, 0.1) is 0 Å². The highest BCUT2D eigenvalue weighted by molar-refractivity contribution is 6.34. The Morgan fingerprint density at radius 1 is 1.35 bits per heavy atom. The maximum atomic E-state index is 11.9. The van der Waals surface area contributed by atoms with Crippen molar-refractivity contribution in [1.82, 2.24) is 15.5 Å². The minimum absolute atomic E-state index is 0.0546. The van der Waals surface area contributed by atoms with E-state index in [4.69, 9.17) is 27.9 Å². The zero-order chi connectivity index (χ0) is 12.3. The number of carbonyl (C=O) groups is 1. The second-order valence-electron chi connectivity index (χ2n) is 3.73. The van der Waals surface area contributed by atoms with Crippen molar-refractivity contribution in [2.24, 2.45) is 0 Å². The third-order valence-electron chi connectivity index (χ3n) is 2.52. The van der Waals surface area contributed by atoms with E-state index < -0.39 is 0 Å². The molecule has 0 unspecified atom stereocenters. The number of aromatic nitrogens is 2. The van der Waals surface area contributed by atoms with E-state index in [-0.39, 0.29) is 27.8 Å². The van der Waals surface area contributed by atoms with Crippen molar-refractivity contribution in [2.75, 3.05) is 13.2 Å². The Kier molecular flexibility index (Phi) is 4.15. The van der Waals surface area contributed by atoms with Crippen LogP contribution in [-0.2, 0) is 4.74 Å². The van der Waals surface area contributed by atoms with Gasteiger partial charge in [0.2, 0.25) is 0 Å². The van der Waals surface area contributed by atoms with Crippen molar-refractivity contribution >= 4 is 29.1 Å². The van der Waals surface area contributed by atoms with Crippen LogP contribution in [0.25, 0.3) is 0 Å². The largest absolute Gasteiger partial charge is 0.381 e. The highest BCUT2D eigenvalue weighted by Gasteiger charge is 2.19. The number of hydrogen-bond donors (Lipinski definition) is 1. The molecule has 92 valence electrons. The van der Waals surface area contributed by atoms with Crippen LogP contribution in [0.1, 0.15) is 23.2 Å². The molecule has 7 heteroatoms. The minimum atomic E-state index is -0.279. The molecule has 1 aromatic heterocycles. The molecule has 2 heterocycles. The lowest BCUT2D eigenvalue weighted by Gasteiger charge is -2.23. The number of ether oxygens (including phenoxy) is 1. The van der Waals surface area contributed by atoms with Crippen molar-refractivity contribution in [1.29, 1.82) is 0 Å². The van der Waals surface area contributed by atoms with Crippen LogP contribution in [0.4, 0.5) is 0 Å². The molecule has 1 aliphatic rings. The van der Waals surface area contributed by atoms with E-state index in [0.29, 0.717) is 13.2 Å². The number of rotatable bonds is 2. The summed E-state index contributed by atoms with van der Waals surface area (Å²) in [4.78, 5) is 11.9. The maximum absolute atomic E-state index is 11.9. The third kappa shape index (κ3) is 3.28. The number of amides is 1. The molecule has 1 aromatic rings. The molecule has 0 bridgehead atoms. The van der Waals surface area contributed by atoms with Crippen LogP contribution in [0.5, 0.6) is 0 Å². The molecular weight excluding hydrogens is 265 g/mol. The van der Waals surface area contributed by atoms with E-state index >= 15 is 0 Å². The smallest absolute Gasteiger partial charge is 0.254 e. The van der Waals surface area contributed by atoms with Gasteiger partial charge in [-0.2, -0.15) is 0 Å². The van der Waals surface area contributed by atoms with E-state index in [1.54, 1.807) is 0 Å². The summed E-state index contributed by atoms with van der Waals surface area (Å²) in [7, 11) is 0. The summed E-state index contributed by atoms with van der Waals surface area (Å²) < 4.78 is 5.21. The Bertz CT molecular complexity index is 422. The fourth-order valence-electron chi connectivity index (χ4n) is 1.62. The first-order valence-electron chi connectivity index (χ1n) is 5.24. The van der Waals surface area contributed by atoms with E-state index in [1.807, 2.05) is 0 Å². The first-order valence-corrected chi connectivity index (χ1v) is 6.00. The molecule has 0 atom stereocenters. The third-order valence-corrected chi connectivity index (χ3v) is 2.98. The fraction of sp³-hybridized carbons (Fsp3) is 0.500. The molecule has 1 N–H and O–H groups in total. The Morgan fingerprint density at radius 3 is 2.76 bits per heavy atom. The van der Waals surface area contributed by atoms with Gasteiger partial charge in [0, 0.05) is 19.3 Å². The summed E-state index contributed by atoms with van der Waals surface area (Å²) >= 11 is 11.5. The van der Waals surface area contributed by atoms with Gasteiger partial charge in [0.05, 0.1) is 5.56 Å². The number of nitrogens with zero attached hydrogens (tertiary/aromatic N) is 2. The second kappa shape index (κ2) is 5.62. The van der Waals surface area contributed by atoms with Crippen molar-refractivity contribution in [2.45, 2.75) is 18.9 Å². The monoisotopic (exact) mass is 275 g/mol. The van der Waals surface area contributed by atoms with E-state index in [2.05, 4.69) is 15.5 Å². The highest BCUT2D eigenvalue weighted by atomic mass is 35.5.